The highest BCUT2D eigenvalue weighted by Crippen LogP contribution is 2.41. The van der Waals surface area contributed by atoms with Gasteiger partial charge in [0.1, 0.15) is 0 Å². The van der Waals surface area contributed by atoms with Crippen molar-refractivity contribution in [3.05, 3.63) is 59.7 Å². The van der Waals surface area contributed by atoms with Crippen molar-refractivity contribution in [3.63, 3.8) is 0 Å². The third-order valence-corrected chi connectivity index (χ3v) is 8.44. The van der Waals surface area contributed by atoms with Gasteiger partial charge in [0.05, 0.1) is 12.7 Å². The molecule has 2 aliphatic rings. The number of hydrogen-bond acceptors (Lipinski definition) is 1. The van der Waals surface area contributed by atoms with E-state index in [1.54, 1.807) is 6.07 Å². The number of ether oxygens (including phenoxy) is 1. The molecule has 2 saturated carbocycles. The number of rotatable bonds is 10. The van der Waals surface area contributed by atoms with Crippen LogP contribution in [0.15, 0.2) is 42.5 Å². The zero-order chi connectivity index (χ0) is 23.8. The molecule has 0 saturated heterocycles. The molecule has 0 atom stereocenters. The Kier molecular flexibility index (Phi) is 9.56. The van der Waals surface area contributed by atoms with Gasteiger partial charge >= 0.3 is 0 Å². The summed E-state index contributed by atoms with van der Waals surface area (Å²) in [7, 11) is 0. The molecule has 2 aromatic rings. The summed E-state index contributed by atoms with van der Waals surface area (Å²) < 4.78 is 32.9. The minimum Gasteiger partial charge on any atom is -0.374 e. The van der Waals surface area contributed by atoms with Crippen LogP contribution in [-0.2, 0) is 11.3 Å². The molecular formula is C31H42F2O. The highest BCUT2D eigenvalue weighted by Gasteiger charge is 2.31. The van der Waals surface area contributed by atoms with Crippen LogP contribution in [0.3, 0.4) is 0 Å². The molecule has 2 aromatic carbocycles. The normalized spacial score (nSPS) is 25.4. The summed E-state index contributed by atoms with van der Waals surface area (Å²) >= 11 is 0. The summed E-state index contributed by atoms with van der Waals surface area (Å²) in [5.41, 5.74) is 2.71. The van der Waals surface area contributed by atoms with Gasteiger partial charge in [0.25, 0.3) is 0 Å². The minimum absolute atomic E-state index is 0.372. The highest BCUT2D eigenvalue weighted by atomic mass is 19.2. The highest BCUT2D eigenvalue weighted by molar-refractivity contribution is 5.63. The van der Waals surface area contributed by atoms with Crippen LogP contribution in [0.5, 0.6) is 0 Å². The average molecular weight is 469 g/mol. The van der Waals surface area contributed by atoms with E-state index in [4.69, 9.17) is 4.74 Å². The summed E-state index contributed by atoms with van der Waals surface area (Å²) in [6, 6.07) is 12.0. The lowest BCUT2D eigenvalue weighted by Crippen LogP contribution is -2.28. The fraction of sp³-hybridized carbons (Fsp3) is 0.613. The maximum absolute atomic E-state index is 13.5. The molecule has 0 bridgehead atoms. The van der Waals surface area contributed by atoms with Crippen molar-refractivity contribution >= 4 is 0 Å². The van der Waals surface area contributed by atoms with Crippen LogP contribution >= 0.6 is 0 Å². The van der Waals surface area contributed by atoms with Crippen LogP contribution < -0.4 is 0 Å². The largest absolute Gasteiger partial charge is 0.374 e. The Bertz CT molecular complexity index is 862. The van der Waals surface area contributed by atoms with E-state index >= 15 is 0 Å². The van der Waals surface area contributed by atoms with Gasteiger partial charge in [-0.15, -0.1) is 0 Å². The topological polar surface area (TPSA) is 9.23 Å². The molecular weight excluding hydrogens is 426 g/mol. The van der Waals surface area contributed by atoms with E-state index in [-0.39, 0.29) is 0 Å². The van der Waals surface area contributed by atoms with Crippen molar-refractivity contribution in [2.24, 2.45) is 17.8 Å². The second kappa shape index (κ2) is 12.8. The first-order valence-corrected chi connectivity index (χ1v) is 13.8. The summed E-state index contributed by atoms with van der Waals surface area (Å²) in [5, 5.41) is 0. The Hall–Kier alpha value is -1.74. The monoisotopic (exact) mass is 468 g/mol. The summed E-state index contributed by atoms with van der Waals surface area (Å²) in [4.78, 5) is 0. The van der Waals surface area contributed by atoms with Crippen LogP contribution in [0.25, 0.3) is 11.1 Å². The third kappa shape index (κ3) is 7.13. The Morgan fingerprint density at radius 3 is 2.00 bits per heavy atom. The number of benzene rings is 2. The number of hydrogen-bond donors (Lipinski definition) is 0. The molecule has 3 heteroatoms. The van der Waals surface area contributed by atoms with Crippen molar-refractivity contribution in [2.75, 3.05) is 0 Å². The zero-order valence-corrected chi connectivity index (χ0v) is 20.9. The maximum atomic E-state index is 13.5. The van der Waals surface area contributed by atoms with Gasteiger partial charge in [-0.25, -0.2) is 8.78 Å². The van der Waals surface area contributed by atoms with Crippen LogP contribution in [0.4, 0.5) is 8.78 Å². The standard InChI is InChI=1S/C31H42F2O/c1-2-3-4-5-6-23-7-11-25(12-8-23)26-15-18-29(19-16-26)34-22-24-9-13-27(14-10-24)28-17-20-30(32)31(33)21-28/h9-10,13-14,17,20-21,23,25-26,29H,2-8,11-12,15-16,18-19,22H2,1H3. The van der Waals surface area contributed by atoms with Crippen LogP contribution in [-0.4, -0.2) is 6.10 Å². The van der Waals surface area contributed by atoms with E-state index in [1.807, 2.05) is 24.3 Å². The molecule has 0 N–H and O–H groups in total. The van der Waals surface area contributed by atoms with E-state index in [0.29, 0.717) is 18.3 Å². The van der Waals surface area contributed by atoms with E-state index < -0.39 is 11.6 Å². The van der Waals surface area contributed by atoms with E-state index in [2.05, 4.69) is 6.92 Å². The summed E-state index contributed by atoms with van der Waals surface area (Å²) in [6.45, 7) is 2.92. The predicted molar refractivity (Wildman–Crippen MR) is 137 cm³/mol. The van der Waals surface area contributed by atoms with Crippen molar-refractivity contribution in [1.82, 2.24) is 0 Å². The Morgan fingerprint density at radius 2 is 1.35 bits per heavy atom. The zero-order valence-electron chi connectivity index (χ0n) is 20.9. The van der Waals surface area contributed by atoms with Gasteiger partial charge in [-0.2, -0.15) is 0 Å². The van der Waals surface area contributed by atoms with Gasteiger partial charge in [0, 0.05) is 0 Å². The van der Waals surface area contributed by atoms with Gasteiger partial charge in [-0.1, -0.05) is 82.2 Å². The van der Waals surface area contributed by atoms with Crippen molar-refractivity contribution in [3.8, 4) is 11.1 Å². The molecule has 0 heterocycles. The smallest absolute Gasteiger partial charge is 0.159 e. The minimum atomic E-state index is -0.811. The van der Waals surface area contributed by atoms with Crippen molar-refractivity contribution < 1.29 is 13.5 Å². The molecule has 186 valence electrons. The predicted octanol–water partition coefficient (Wildman–Crippen LogP) is 9.48. The molecule has 1 nitrogen and oxygen atoms in total. The lowest BCUT2D eigenvalue weighted by molar-refractivity contribution is -0.00285. The van der Waals surface area contributed by atoms with Gasteiger partial charge in [-0.3, -0.25) is 0 Å². The first-order valence-electron chi connectivity index (χ1n) is 13.8. The molecule has 0 amide bonds. The maximum Gasteiger partial charge on any atom is 0.159 e. The summed E-state index contributed by atoms with van der Waals surface area (Å²) in [5.74, 6) is 1.25. The fourth-order valence-corrected chi connectivity index (χ4v) is 6.22. The van der Waals surface area contributed by atoms with E-state index in [9.17, 15) is 8.78 Å². The van der Waals surface area contributed by atoms with E-state index in [1.165, 1.54) is 95.6 Å². The molecule has 0 spiro atoms. The molecule has 0 aromatic heterocycles. The first-order chi connectivity index (χ1) is 16.6. The number of unbranched alkanes of at least 4 members (excludes halogenated alkanes) is 3. The number of halogens is 2. The lowest BCUT2D eigenvalue weighted by atomic mass is 9.70. The molecule has 0 radical (unpaired) electrons. The molecule has 2 aliphatic carbocycles. The van der Waals surface area contributed by atoms with E-state index in [0.717, 1.165) is 28.9 Å². The van der Waals surface area contributed by atoms with Crippen LogP contribution in [0, 0.1) is 29.4 Å². The molecule has 0 aliphatic heterocycles. The first kappa shape index (κ1) is 25.4. The molecule has 2 fully saturated rings. The Morgan fingerprint density at radius 1 is 0.706 bits per heavy atom. The van der Waals surface area contributed by atoms with Crippen molar-refractivity contribution in [2.45, 2.75) is 103 Å². The fourth-order valence-electron chi connectivity index (χ4n) is 6.22. The second-order valence-corrected chi connectivity index (χ2v) is 10.8. The van der Waals surface area contributed by atoms with Crippen LogP contribution in [0.2, 0.25) is 0 Å². The molecule has 4 rings (SSSR count). The third-order valence-electron chi connectivity index (χ3n) is 8.44. The Labute approximate surface area is 205 Å². The average Bonchev–Trinajstić information content (AvgIpc) is 2.88. The van der Waals surface area contributed by atoms with Gasteiger partial charge in [0.2, 0.25) is 0 Å². The second-order valence-electron chi connectivity index (χ2n) is 10.8. The van der Waals surface area contributed by atoms with Crippen molar-refractivity contribution in [1.29, 1.82) is 0 Å². The van der Waals surface area contributed by atoms with Gasteiger partial charge in [0.15, 0.2) is 11.6 Å². The molecule has 0 unspecified atom stereocenters. The SMILES string of the molecule is CCCCCCC1CCC(C2CCC(OCc3ccc(-c4ccc(F)c(F)c4)cc3)CC2)CC1. The Balaban J connectivity index is 1.15. The summed E-state index contributed by atoms with van der Waals surface area (Å²) in [6.07, 6.45) is 18.3. The quantitative estimate of drug-likeness (QED) is 0.315. The van der Waals surface area contributed by atoms with Crippen LogP contribution in [0.1, 0.15) is 96.0 Å². The van der Waals surface area contributed by atoms with Gasteiger partial charge in [-0.05, 0) is 85.1 Å². The molecule has 34 heavy (non-hydrogen) atoms. The van der Waals surface area contributed by atoms with Gasteiger partial charge < -0.3 is 4.74 Å². The lowest BCUT2D eigenvalue weighted by Gasteiger charge is -2.38.